The number of rotatable bonds is 9. The third-order valence-corrected chi connectivity index (χ3v) is 4.45. The van der Waals surface area contributed by atoms with Crippen molar-refractivity contribution in [3.05, 3.63) is 47.0 Å². The highest BCUT2D eigenvalue weighted by Gasteiger charge is 2.20. The lowest BCUT2D eigenvalue weighted by atomic mass is 10.1. The monoisotopic (exact) mass is 387 g/mol. The van der Waals surface area contributed by atoms with Gasteiger partial charge in [-0.2, -0.15) is 0 Å². The van der Waals surface area contributed by atoms with Crippen LogP contribution in [0.25, 0.3) is 0 Å². The number of hydrogen-bond acceptors (Lipinski definition) is 5. The van der Waals surface area contributed by atoms with E-state index in [-0.39, 0.29) is 5.91 Å². The summed E-state index contributed by atoms with van der Waals surface area (Å²) in [5.74, 6) is 2.16. The lowest BCUT2D eigenvalue weighted by Crippen LogP contribution is -2.37. The van der Waals surface area contributed by atoms with E-state index in [1.54, 1.807) is 21.3 Å². The van der Waals surface area contributed by atoms with E-state index in [0.29, 0.717) is 30.2 Å². The molecule has 0 spiro atoms. The fourth-order valence-corrected chi connectivity index (χ4v) is 2.95. The molecular weight excluding hydrogens is 358 g/mol. The summed E-state index contributed by atoms with van der Waals surface area (Å²) in [4.78, 5) is 12.6. The Labute approximate surface area is 166 Å². The van der Waals surface area contributed by atoms with Gasteiger partial charge in [0.1, 0.15) is 5.75 Å². The number of hydrogen-bond donors (Lipinski definition) is 1. The van der Waals surface area contributed by atoms with E-state index in [1.165, 1.54) is 0 Å². The molecule has 0 fully saturated rings. The van der Waals surface area contributed by atoms with E-state index in [4.69, 9.17) is 18.9 Å². The predicted octanol–water partition coefficient (Wildman–Crippen LogP) is 3.80. The smallest absolute Gasteiger partial charge is 0.261 e. The fraction of sp³-hybridized carbons (Fsp3) is 0.409. The maximum Gasteiger partial charge on any atom is 0.261 e. The summed E-state index contributed by atoms with van der Waals surface area (Å²) in [6, 6.07) is 9.54. The van der Waals surface area contributed by atoms with Crippen LogP contribution in [-0.4, -0.2) is 33.3 Å². The van der Waals surface area contributed by atoms with Crippen molar-refractivity contribution in [2.45, 2.75) is 39.8 Å². The van der Waals surface area contributed by atoms with Gasteiger partial charge < -0.3 is 24.3 Å². The molecule has 0 aromatic heterocycles. The topological polar surface area (TPSA) is 66.0 Å². The second-order valence-corrected chi connectivity index (χ2v) is 6.54. The Kier molecular flexibility index (Phi) is 7.55. The summed E-state index contributed by atoms with van der Waals surface area (Å²) in [6.07, 6.45) is -0.00236. The summed E-state index contributed by atoms with van der Waals surface area (Å²) in [6.45, 7) is 6.25. The first kappa shape index (κ1) is 21.4. The first-order valence-corrected chi connectivity index (χ1v) is 9.23. The molecule has 0 saturated carbocycles. The van der Waals surface area contributed by atoms with Gasteiger partial charge in [-0.15, -0.1) is 0 Å². The van der Waals surface area contributed by atoms with E-state index in [1.807, 2.05) is 51.1 Å². The lowest BCUT2D eigenvalue weighted by molar-refractivity contribution is -0.128. The van der Waals surface area contributed by atoms with Gasteiger partial charge in [-0.25, -0.2) is 0 Å². The van der Waals surface area contributed by atoms with Crippen molar-refractivity contribution in [2.24, 2.45) is 0 Å². The van der Waals surface area contributed by atoms with Crippen LogP contribution in [0.1, 0.15) is 30.0 Å². The summed E-state index contributed by atoms with van der Waals surface area (Å²) < 4.78 is 22.0. The van der Waals surface area contributed by atoms with E-state index in [0.717, 1.165) is 22.4 Å². The van der Waals surface area contributed by atoms with Crippen molar-refractivity contribution in [2.75, 3.05) is 21.3 Å². The highest BCUT2D eigenvalue weighted by molar-refractivity contribution is 5.81. The van der Waals surface area contributed by atoms with Crippen LogP contribution in [-0.2, 0) is 11.3 Å². The number of carbonyl (C=O) groups excluding carboxylic acids is 1. The molecule has 0 aliphatic rings. The number of benzene rings is 2. The summed E-state index contributed by atoms with van der Waals surface area (Å²) in [5, 5.41) is 2.93. The molecule has 2 aromatic rings. The molecule has 6 heteroatoms. The van der Waals surface area contributed by atoms with E-state index < -0.39 is 6.10 Å². The Balaban J connectivity index is 2.09. The molecule has 2 aromatic carbocycles. The summed E-state index contributed by atoms with van der Waals surface area (Å²) in [7, 11) is 4.67. The SMILES string of the molecule is CC[C@@H](Oc1ccc(C)cc1C)C(=O)NCc1cc(OC)c(OC)c(OC)c1. The zero-order valence-corrected chi connectivity index (χ0v) is 17.4. The molecule has 0 aliphatic carbocycles. The van der Waals surface area contributed by atoms with Crippen LogP contribution in [0.5, 0.6) is 23.0 Å². The molecule has 28 heavy (non-hydrogen) atoms. The number of aryl methyl sites for hydroxylation is 2. The lowest BCUT2D eigenvalue weighted by Gasteiger charge is -2.19. The van der Waals surface area contributed by atoms with E-state index in [2.05, 4.69) is 5.32 Å². The summed E-state index contributed by atoms with van der Waals surface area (Å²) >= 11 is 0. The number of carbonyl (C=O) groups is 1. The van der Waals surface area contributed by atoms with E-state index >= 15 is 0 Å². The Morgan fingerprint density at radius 1 is 0.964 bits per heavy atom. The number of ether oxygens (including phenoxy) is 4. The van der Waals surface area contributed by atoms with Crippen LogP contribution in [0.4, 0.5) is 0 Å². The third-order valence-electron chi connectivity index (χ3n) is 4.45. The fourth-order valence-electron chi connectivity index (χ4n) is 2.95. The minimum absolute atomic E-state index is 0.170. The van der Waals surface area contributed by atoms with Gasteiger partial charge in [0.25, 0.3) is 5.91 Å². The average Bonchev–Trinajstić information content (AvgIpc) is 2.70. The molecule has 1 N–H and O–H groups in total. The Hall–Kier alpha value is -2.89. The molecule has 152 valence electrons. The average molecular weight is 387 g/mol. The Bertz CT molecular complexity index is 794. The Morgan fingerprint density at radius 3 is 2.11 bits per heavy atom. The van der Waals surface area contributed by atoms with Crippen molar-refractivity contribution < 1.29 is 23.7 Å². The van der Waals surface area contributed by atoms with Crippen LogP contribution in [0, 0.1) is 13.8 Å². The molecule has 0 unspecified atom stereocenters. The van der Waals surface area contributed by atoms with Crippen LogP contribution >= 0.6 is 0 Å². The Morgan fingerprint density at radius 2 is 1.61 bits per heavy atom. The van der Waals surface area contributed by atoms with Gasteiger partial charge in [-0.05, 0) is 49.6 Å². The first-order valence-electron chi connectivity index (χ1n) is 9.23. The van der Waals surface area contributed by atoms with Crippen molar-refractivity contribution in [3.63, 3.8) is 0 Å². The maximum atomic E-state index is 12.6. The standard InChI is InChI=1S/C22H29NO5/c1-7-17(28-18-9-8-14(2)10-15(18)3)22(24)23-13-16-11-19(25-4)21(27-6)20(12-16)26-5/h8-12,17H,7,13H2,1-6H3,(H,23,24)/t17-/m1/s1. The predicted molar refractivity (Wildman–Crippen MR) is 109 cm³/mol. The van der Waals surface area contributed by atoms with Crippen molar-refractivity contribution in [3.8, 4) is 23.0 Å². The normalized spacial score (nSPS) is 11.5. The number of methoxy groups -OCH3 is 3. The van der Waals surface area contributed by atoms with Gasteiger partial charge >= 0.3 is 0 Å². The van der Waals surface area contributed by atoms with Gasteiger partial charge in [0, 0.05) is 6.54 Å². The quantitative estimate of drug-likeness (QED) is 0.709. The second-order valence-electron chi connectivity index (χ2n) is 6.54. The molecule has 0 aliphatic heterocycles. The van der Waals surface area contributed by atoms with Crippen LogP contribution in [0.15, 0.2) is 30.3 Å². The minimum atomic E-state index is -0.566. The first-order chi connectivity index (χ1) is 13.4. The third kappa shape index (κ3) is 5.09. The van der Waals surface area contributed by atoms with Crippen molar-refractivity contribution in [1.29, 1.82) is 0 Å². The zero-order chi connectivity index (χ0) is 20.7. The van der Waals surface area contributed by atoms with Crippen molar-refractivity contribution in [1.82, 2.24) is 5.32 Å². The van der Waals surface area contributed by atoms with Gasteiger partial charge in [0.05, 0.1) is 21.3 Å². The molecule has 0 radical (unpaired) electrons. The van der Waals surface area contributed by atoms with Crippen LogP contribution in [0.3, 0.4) is 0 Å². The molecule has 0 heterocycles. The van der Waals surface area contributed by atoms with Gasteiger partial charge in [0.2, 0.25) is 5.75 Å². The minimum Gasteiger partial charge on any atom is -0.493 e. The largest absolute Gasteiger partial charge is 0.493 e. The highest BCUT2D eigenvalue weighted by Crippen LogP contribution is 2.38. The van der Waals surface area contributed by atoms with Crippen LogP contribution < -0.4 is 24.3 Å². The molecule has 6 nitrogen and oxygen atoms in total. The second kappa shape index (κ2) is 9.88. The molecular formula is C22H29NO5. The number of amides is 1. The number of nitrogens with one attached hydrogen (secondary N) is 1. The molecule has 2 rings (SSSR count). The summed E-state index contributed by atoms with van der Waals surface area (Å²) in [5.41, 5.74) is 3.00. The van der Waals surface area contributed by atoms with Gasteiger partial charge in [-0.1, -0.05) is 24.6 Å². The van der Waals surface area contributed by atoms with Crippen LogP contribution in [0.2, 0.25) is 0 Å². The molecule has 1 amide bonds. The zero-order valence-electron chi connectivity index (χ0n) is 17.4. The highest BCUT2D eigenvalue weighted by atomic mass is 16.5. The van der Waals surface area contributed by atoms with E-state index in [9.17, 15) is 4.79 Å². The molecule has 0 bridgehead atoms. The van der Waals surface area contributed by atoms with Gasteiger partial charge in [0.15, 0.2) is 17.6 Å². The molecule has 1 atom stereocenters. The maximum absolute atomic E-state index is 12.6. The van der Waals surface area contributed by atoms with Crippen molar-refractivity contribution >= 4 is 5.91 Å². The molecule has 0 saturated heterocycles. The van der Waals surface area contributed by atoms with Gasteiger partial charge in [-0.3, -0.25) is 4.79 Å².